The van der Waals surface area contributed by atoms with Crippen molar-refractivity contribution in [1.29, 1.82) is 0 Å². The number of nitrogens with two attached hydrogens (primary N) is 1. The van der Waals surface area contributed by atoms with Gasteiger partial charge in [0, 0.05) is 0 Å². The van der Waals surface area contributed by atoms with E-state index in [2.05, 4.69) is 0 Å². The van der Waals surface area contributed by atoms with E-state index < -0.39 is 16.9 Å². The molecule has 0 aromatic rings. The van der Waals surface area contributed by atoms with Crippen molar-refractivity contribution in [3.63, 3.8) is 0 Å². The molecule has 0 heterocycles. The van der Waals surface area contributed by atoms with Crippen LogP contribution in [0.25, 0.3) is 0 Å². The van der Waals surface area contributed by atoms with Crippen molar-refractivity contribution in [3.8, 4) is 0 Å². The zero-order valence-corrected chi connectivity index (χ0v) is 9.05. The summed E-state index contributed by atoms with van der Waals surface area (Å²) in [4.78, 5) is 11.0. The number of aliphatic carboxylic acids is 1. The monoisotopic (exact) mass is 187 g/mol. The second-order valence-corrected chi connectivity index (χ2v) is 4.63. The Morgan fingerprint density at radius 3 is 2.08 bits per heavy atom. The van der Waals surface area contributed by atoms with E-state index in [4.69, 9.17) is 10.8 Å². The van der Waals surface area contributed by atoms with Gasteiger partial charge in [0.1, 0.15) is 5.54 Å². The Kier molecular flexibility index (Phi) is 3.91. The Bertz CT molecular complexity index is 184. The fraction of sp³-hybridized carbons (Fsp3) is 0.900. The first-order valence-corrected chi connectivity index (χ1v) is 4.78. The fourth-order valence-electron chi connectivity index (χ4n) is 1.26. The Morgan fingerprint density at radius 1 is 1.38 bits per heavy atom. The molecule has 3 N–H and O–H groups in total. The number of hydrogen-bond acceptors (Lipinski definition) is 2. The number of unbranched alkanes of at least 4 members (excludes halogenated alkanes) is 1. The Labute approximate surface area is 80.3 Å². The van der Waals surface area contributed by atoms with Gasteiger partial charge in [-0.3, -0.25) is 4.79 Å². The molecule has 0 amide bonds. The summed E-state index contributed by atoms with van der Waals surface area (Å²) in [7, 11) is 0. The molecule has 0 bridgehead atoms. The van der Waals surface area contributed by atoms with Crippen molar-refractivity contribution in [2.75, 3.05) is 0 Å². The van der Waals surface area contributed by atoms with Crippen LogP contribution in [-0.2, 0) is 4.79 Å². The van der Waals surface area contributed by atoms with Gasteiger partial charge in [-0.25, -0.2) is 0 Å². The summed E-state index contributed by atoms with van der Waals surface area (Å²) in [5.74, 6) is -0.895. The molecule has 0 aromatic carbocycles. The van der Waals surface area contributed by atoms with Gasteiger partial charge < -0.3 is 10.8 Å². The molecule has 0 saturated carbocycles. The van der Waals surface area contributed by atoms with Crippen molar-refractivity contribution in [2.45, 2.75) is 52.5 Å². The van der Waals surface area contributed by atoms with Crippen molar-refractivity contribution in [3.05, 3.63) is 0 Å². The SMILES string of the molecule is CCCCC(N)(C(=O)O)C(C)(C)C. The highest BCUT2D eigenvalue weighted by Gasteiger charge is 2.44. The molecule has 0 aliphatic rings. The fourth-order valence-corrected chi connectivity index (χ4v) is 1.26. The lowest BCUT2D eigenvalue weighted by Crippen LogP contribution is -2.57. The van der Waals surface area contributed by atoms with E-state index >= 15 is 0 Å². The molecule has 0 fully saturated rings. The van der Waals surface area contributed by atoms with E-state index in [0.717, 1.165) is 12.8 Å². The molecule has 0 rings (SSSR count). The minimum Gasteiger partial charge on any atom is -0.480 e. The number of carbonyl (C=O) groups is 1. The number of carboxylic acids is 1. The van der Waals surface area contributed by atoms with Crippen LogP contribution in [0.1, 0.15) is 47.0 Å². The molecule has 0 spiro atoms. The molecular formula is C10H21NO2. The van der Waals surface area contributed by atoms with E-state index in [9.17, 15) is 4.79 Å². The number of carboxylic acid groups (broad SMARTS) is 1. The second-order valence-electron chi connectivity index (χ2n) is 4.63. The molecule has 0 aliphatic heterocycles. The van der Waals surface area contributed by atoms with Crippen LogP contribution in [0, 0.1) is 5.41 Å². The number of rotatable bonds is 4. The van der Waals surface area contributed by atoms with E-state index in [1.54, 1.807) is 0 Å². The van der Waals surface area contributed by atoms with E-state index in [-0.39, 0.29) is 0 Å². The maximum atomic E-state index is 11.0. The maximum Gasteiger partial charge on any atom is 0.324 e. The predicted octanol–water partition coefficient (Wildman–Crippen LogP) is 2.00. The second kappa shape index (κ2) is 4.09. The molecule has 13 heavy (non-hydrogen) atoms. The van der Waals surface area contributed by atoms with Gasteiger partial charge in [-0.05, 0) is 11.8 Å². The molecule has 0 aliphatic carbocycles. The molecule has 3 heteroatoms. The summed E-state index contributed by atoms with van der Waals surface area (Å²) in [5.41, 5.74) is 4.42. The van der Waals surface area contributed by atoms with E-state index in [1.807, 2.05) is 27.7 Å². The Hall–Kier alpha value is -0.570. The topological polar surface area (TPSA) is 63.3 Å². The summed E-state index contributed by atoms with van der Waals surface area (Å²) in [5, 5.41) is 9.07. The molecule has 78 valence electrons. The van der Waals surface area contributed by atoms with Gasteiger partial charge in [0.15, 0.2) is 0 Å². The average molecular weight is 187 g/mol. The number of hydrogen-bond donors (Lipinski definition) is 2. The van der Waals surface area contributed by atoms with Crippen LogP contribution < -0.4 is 5.73 Å². The van der Waals surface area contributed by atoms with Crippen molar-refractivity contribution < 1.29 is 9.90 Å². The third-order valence-corrected chi connectivity index (χ3v) is 2.64. The molecular weight excluding hydrogens is 166 g/mol. The lowest BCUT2D eigenvalue weighted by Gasteiger charge is -2.37. The first kappa shape index (κ1) is 12.4. The van der Waals surface area contributed by atoms with Gasteiger partial charge in [0.05, 0.1) is 0 Å². The molecule has 0 aromatic heterocycles. The van der Waals surface area contributed by atoms with Gasteiger partial charge in [-0.2, -0.15) is 0 Å². The summed E-state index contributed by atoms with van der Waals surface area (Å²) >= 11 is 0. The smallest absolute Gasteiger partial charge is 0.324 e. The first-order valence-electron chi connectivity index (χ1n) is 4.78. The van der Waals surface area contributed by atoms with Crippen LogP contribution in [0.4, 0.5) is 0 Å². The third kappa shape index (κ3) is 2.69. The highest BCUT2D eigenvalue weighted by atomic mass is 16.4. The Morgan fingerprint density at radius 2 is 1.85 bits per heavy atom. The normalized spacial score (nSPS) is 16.7. The summed E-state index contributed by atoms with van der Waals surface area (Å²) < 4.78 is 0. The quantitative estimate of drug-likeness (QED) is 0.707. The summed E-state index contributed by atoms with van der Waals surface area (Å²) in [6.07, 6.45) is 2.38. The van der Waals surface area contributed by atoms with Crippen LogP contribution >= 0.6 is 0 Å². The summed E-state index contributed by atoms with van der Waals surface area (Å²) in [6.45, 7) is 7.65. The minimum atomic E-state index is -1.09. The predicted molar refractivity (Wildman–Crippen MR) is 53.5 cm³/mol. The van der Waals surface area contributed by atoms with Gasteiger partial charge in [0.25, 0.3) is 0 Å². The van der Waals surface area contributed by atoms with Crippen LogP contribution in [0.15, 0.2) is 0 Å². The minimum absolute atomic E-state index is 0.395. The highest BCUT2D eigenvalue weighted by molar-refractivity contribution is 5.79. The van der Waals surface area contributed by atoms with Gasteiger partial charge in [-0.1, -0.05) is 40.5 Å². The van der Waals surface area contributed by atoms with E-state index in [0.29, 0.717) is 6.42 Å². The zero-order chi connectivity index (χ0) is 10.7. The van der Waals surface area contributed by atoms with Crippen molar-refractivity contribution >= 4 is 5.97 Å². The third-order valence-electron chi connectivity index (χ3n) is 2.64. The van der Waals surface area contributed by atoms with Gasteiger partial charge in [0.2, 0.25) is 0 Å². The molecule has 3 nitrogen and oxygen atoms in total. The molecule has 1 atom stereocenters. The van der Waals surface area contributed by atoms with Gasteiger partial charge >= 0.3 is 5.97 Å². The molecule has 1 unspecified atom stereocenters. The van der Waals surface area contributed by atoms with Crippen LogP contribution in [0.2, 0.25) is 0 Å². The molecule has 0 saturated heterocycles. The largest absolute Gasteiger partial charge is 0.480 e. The molecule has 0 radical (unpaired) electrons. The maximum absolute atomic E-state index is 11.0. The van der Waals surface area contributed by atoms with E-state index in [1.165, 1.54) is 0 Å². The summed E-state index contributed by atoms with van der Waals surface area (Å²) in [6, 6.07) is 0. The van der Waals surface area contributed by atoms with Crippen LogP contribution in [-0.4, -0.2) is 16.6 Å². The first-order chi connectivity index (χ1) is 5.75. The Balaban J connectivity index is 4.64. The lowest BCUT2D eigenvalue weighted by molar-refractivity contribution is -0.148. The van der Waals surface area contributed by atoms with Crippen LogP contribution in [0.3, 0.4) is 0 Å². The standard InChI is InChI=1S/C10H21NO2/c1-5-6-7-10(11,8(12)13)9(2,3)4/h5-7,11H2,1-4H3,(H,12,13). The van der Waals surface area contributed by atoms with Crippen molar-refractivity contribution in [2.24, 2.45) is 11.1 Å². The lowest BCUT2D eigenvalue weighted by atomic mass is 9.71. The van der Waals surface area contributed by atoms with Crippen molar-refractivity contribution in [1.82, 2.24) is 0 Å². The highest BCUT2D eigenvalue weighted by Crippen LogP contribution is 2.32. The average Bonchev–Trinajstić information content (AvgIpc) is 1.97. The van der Waals surface area contributed by atoms with Crippen LogP contribution in [0.5, 0.6) is 0 Å². The zero-order valence-electron chi connectivity index (χ0n) is 9.05. The van der Waals surface area contributed by atoms with Gasteiger partial charge in [-0.15, -0.1) is 0 Å².